The minimum absolute atomic E-state index is 0. The van der Waals surface area contributed by atoms with Crippen molar-refractivity contribution >= 4 is 35.9 Å². The van der Waals surface area contributed by atoms with E-state index < -0.39 is 17.3 Å². The van der Waals surface area contributed by atoms with Crippen molar-refractivity contribution in [1.82, 2.24) is 29.7 Å². The largest absolute Gasteiger partial charge is 0.492 e. The van der Waals surface area contributed by atoms with Gasteiger partial charge in [-0.2, -0.15) is 9.61 Å². The summed E-state index contributed by atoms with van der Waals surface area (Å²) in [5.74, 6) is -1.10. The number of piperazine rings is 1. The zero-order chi connectivity index (χ0) is 23.9. The molecule has 1 saturated heterocycles. The first-order chi connectivity index (χ1) is 15.7. The second kappa shape index (κ2) is 10.2. The molecular formula is C23H33ClN6O4. The van der Waals surface area contributed by atoms with Gasteiger partial charge in [0.15, 0.2) is 5.56 Å². The Hall–Kier alpha value is -2.85. The van der Waals surface area contributed by atoms with Crippen LogP contribution in [0.1, 0.15) is 55.2 Å². The molecular weight excluding hydrogens is 460 g/mol. The number of aromatic hydroxyl groups is 1. The number of nitrogens with zero attached hydrogens (tertiary/aromatic N) is 4. The lowest BCUT2D eigenvalue weighted by atomic mass is 10.1. The summed E-state index contributed by atoms with van der Waals surface area (Å²) in [6, 6.07) is 0.124. The Balaban J connectivity index is 0.00000324. The summed E-state index contributed by atoms with van der Waals surface area (Å²) in [5, 5.41) is 21.3. The van der Waals surface area contributed by atoms with E-state index in [1.165, 1.54) is 15.2 Å². The molecule has 1 saturated carbocycles. The molecule has 0 bridgehead atoms. The van der Waals surface area contributed by atoms with E-state index in [-0.39, 0.29) is 41.9 Å². The van der Waals surface area contributed by atoms with E-state index >= 15 is 0 Å². The van der Waals surface area contributed by atoms with Gasteiger partial charge in [0.05, 0.1) is 5.69 Å². The van der Waals surface area contributed by atoms with Crippen LogP contribution >= 0.6 is 12.4 Å². The minimum Gasteiger partial charge on any atom is -0.492 e. The van der Waals surface area contributed by atoms with Gasteiger partial charge in [0, 0.05) is 49.9 Å². The summed E-state index contributed by atoms with van der Waals surface area (Å²) in [7, 11) is 0. The van der Waals surface area contributed by atoms with Crippen molar-refractivity contribution in [3.63, 3.8) is 0 Å². The van der Waals surface area contributed by atoms with Gasteiger partial charge in [0.25, 0.3) is 11.5 Å². The number of hydrogen-bond acceptors (Lipinski definition) is 6. The molecule has 186 valence electrons. The van der Waals surface area contributed by atoms with Gasteiger partial charge < -0.3 is 20.6 Å². The van der Waals surface area contributed by atoms with Gasteiger partial charge in [-0.3, -0.25) is 19.0 Å². The van der Waals surface area contributed by atoms with Crippen LogP contribution in [0, 0.1) is 12.8 Å². The van der Waals surface area contributed by atoms with Gasteiger partial charge in [-0.05, 0) is 38.7 Å². The standard InChI is InChI=1S/C23H32N6O4.ClH/c1-13(2)12-28-21-17(7-8-18(30)27-10-9-24-11-14(27)3)15(4)26-29(21)23(33)19(22(28)32)20(31)25-16-5-6-16;/h7-8,13-14,16,24,33H,5-6,9-12H2,1-4H3,(H,25,31);1H/b8-7+;/t14-;/m0./s1. The second-order valence-corrected chi connectivity index (χ2v) is 9.41. The highest BCUT2D eigenvalue weighted by molar-refractivity contribution is 5.97. The first-order valence-electron chi connectivity index (χ1n) is 11.5. The fourth-order valence-corrected chi connectivity index (χ4v) is 4.20. The number of amides is 2. The predicted octanol–water partition coefficient (Wildman–Crippen LogP) is 1.31. The minimum atomic E-state index is -0.590. The summed E-state index contributed by atoms with van der Waals surface area (Å²) in [4.78, 5) is 40.7. The molecule has 2 fully saturated rings. The number of carbonyl (C=O) groups is 2. The highest BCUT2D eigenvalue weighted by atomic mass is 35.5. The molecule has 1 atom stereocenters. The van der Waals surface area contributed by atoms with Crippen molar-refractivity contribution in [2.24, 2.45) is 5.92 Å². The SMILES string of the molecule is Cc1nn2c(O)c(C(=O)NC3CC3)c(=O)n(CC(C)C)c2c1/C=C/C(=O)N1CCNC[C@@H]1C.Cl. The number of carbonyl (C=O) groups excluding carboxylic acids is 2. The molecule has 2 aromatic heterocycles. The zero-order valence-corrected chi connectivity index (χ0v) is 20.8. The quantitative estimate of drug-likeness (QED) is 0.523. The molecule has 34 heavy (non-hydrogen) atoms. The van der Waals surface area contributed by atoms with Gasteiger partial charge in [-0.25, -0.2) is 0 Å². The lowest BCUT2D eigenvalue weighted by Crippen LogP contribution is -2.51. The Morgan fingerprint density at radius 1 is 1.32 bits per heavy atom. The van der Waals surface area contributed by atoms with Gasteiger partial charge in [-0.15, -0.1) is 12.4 Å². The molecule has 0 unspecified atom stereocenters. The lowest BCUT2D eigenvalue weighted by molar-refractivity contribution is -0.128. The van der Waals surface area contributed by atoms with Crippen LogP contribution in [0.15, 0.2) is 10.9 Å². The van der Waals surface area contributed by atoms with Crippen molar-refractivity contribution in [2.45, 2.75) is 59.2 Å². The van der Waals surface area contributed by atoms with Crippen molar-refractivity contribution in [2.75, 3.05) is 19.6 Å². The maximum atomic E-state index is 13.4. The van der Waals surface area contributed by atoms with Crippen LogP contribution in [0.25, 0.3) is 11.7 Å². The highest BCUT2D eigenvalue weighted by Gasteiger charge is 2.30. The topological polar surface area (TPSA) is 121 Å². The number of aryl methyl sites for hydroxylation is 1. The van der Waals surface area contributed by atoms with Crippen LogP contribution < -0.4 is 16.2 Å². The van der Waals surface area contributed by atoms with Crippen LogP contribution in [0.3, 0.4) is 0 Å². The van der Waals surface area contributed by atoms with Crippen molar-refractivity contribution in [3.05, 3.63) is 33.3 Å². The predicted molar refractivity (Wildman–Crippen MR) is 132 cm³/mol. The molecule has 3 heterocycles. The number of rotatable bonds is 6. The first kappa shape index (κ1) is 25.8. The van der Waals surface area contributed by atoms with Gasteiger partial charge in [-0.1, -0.05) is 13.8 Å². The third-order valence-corrected chi connectivity index (χ3v) is 6.08. The van der Waals surface area contributed by atoms with Gasteiger partial charge >= 0.3 is 0 Å². The molecule has 11 heteroatoms. The van der Waals surface area contributed by atoms with E-state index in [2.05, 4.69) is 15.7 Å². The maximum Gasteiger partial charge on any atom is 0.270 e. The van der Waals surface area contributed by atoms with Gasteiger partial charge in [0.1, 0.15) is 5.65 Å². The molecule has 0 aromatic carbocycles. The number of fused-ring (bicyclic) bond motifs is 1. The van der Waals surface area contributed by atoms with E-state index in [1.807, 2.05) is 20.8 Å². The second-order valence-electron chi connectivity index (χ2n) is 9.41. The Morgan fingerprint density at radius 2 is 2.03 bits per heavy atom. The van der Waals surface area contributed by atoms with Crippen molar-refractivity contribution in [3.8, 4) is 5.88 Å². The molecule has 1 aliphatic carbocycles. The Bertz CT molecular complexity index is 1180. The molecule has 2 amide bonds. The van der Waals surface area contributed by atoms with Crippen LogP contribution in [0.5, 0.6) is 5.88 Å². The first-order valence-corrected chi connectivity index (χ1v) is 11.5. The third kappa shape index (κ3) is 4.97. The molecule has 4 rings (SSSR count). The van der Waals surface area contributed by atoms with Crippen LogP contribution in [-0.4, -0.2) is 67.7 Å². The average Bonchev–Trinajstić information content (AvgIpc) is 3.50. The molecule has 0 spiro atoms. The molecule has 2 aliphatic rings. The number of halogens is 1. The van der Waals surface area contributed by atoms with E-state index in [1.54, 1.807) is 17.9 Å². The Labute approximate surface area is 204 Å². The van der Waals surface area contributed by atoms with Crippen LogP contribution in [-0.2, 0) is 11.3 Å². The fourth-order valence-electron chi connectivity index (χ4n) is 4.20. The number of nitrogens with one attached hydrogen (secondary N) is 2. The van der Waals surface area contributed by atoms with Crippen LogP contribution in [0.2, 0.25) is 0 Å². The highest BCUT2D eigenvalue weighted by Crippen LogP contribution is 2.25. The summed E-state index contributed by atoms with van der Waals surface area (Å²) < 4.78 is 2.71. The molecule has 1 aliphatic heterocycles. The molecule has 3 N–H and O–H groups in total. The fraction of sp³-hybridized carbons (Fsp3) is 0.565. The number of aromatic nitrogens is 3. The zero-order valence-electron chi connectivity index (χ0n) is 20.0. The van der Waals surface area contributed by atoms with E-state index in [0.29, 0.717) is 30.0 Å². The van der Waals surface area contributed by atoms with Gasteiger partial charge in [0.2, 0.25) is 11.8 Å². The Morgan fingerprint density at radius 3 is 2.65 bits per heavy atom. The molecule has 0 radical (unpaired) electrons. The maximum absolute atomic E-state index is 13.4. The summed E-state index contributed by atoms with van der Waals surface area (Å²) in [5.41, 5.74) is 0.596. The summed E-state index contributed by atoms with van der Waals surface area (Å²) in [6.45, 7) is 10.1. The monoisotopic (exact) mass is 492 g/mol. The van der Waals surface area contributed by atoms with Crippen LogP contribution in [0.4, 0.5) is 0 Å². The van der Waals surface area contributed by atoms with E-state index in [9.17, 15) is 19.5 Å². The normalized spacial score (nSPS) is 18.5. The van der Waals surface area contributed by atoms with Crippen molar-refractivity contribution in [1.29, 1.82) is 0 Å². The lowest BCUT2D eigenvalue weighted by Gasteiger charge is -2.33. The summed E-state index contributed by atoms with van der Waals surface area (Å²) in [6.07, 6.45) is 4.87. The molecule has 2 aromatic rings. The smallest absolute Gasteiger partial charge is 0.270 e. The van der Waals surface area contributed by atoms with E-state index in [4.69, 9.17) is 0 Å². The van der Waals surface area contributed by atoms with E-state index in [0.717, 1.165) is 25.9 Å². The average molecular weight is 493 g/mol. The number of hydrogen-bond donors (Lipinski definition) is 3. The Kier molecular flexibility index (Phi) is 7.72. The third-order valence-electron chi connectivity index (χ3n) is 6.08. The molecule has 10 nitrogen and oxygen atoms in total. The van der Waals surface area contributed by atoms with Crippen molar-refractivity contribution < 1.29 is 14.7 Å². The summed E-state index contributed by atoms with van der Waals surface area (Å²) >= 11 is 0.